The third-order valence-corrected chi connectivity index (χ3v) is 13.1. The molecule has 0 unspecified atom stereocenters. The fourth-order valence-electron chi connectivity index (χ4n) is 9.04. The van der Waals surface area contributed by atoms with Gasteiger partial charge in [-0.25, -0.2) is 0 Å². The van der Waals surface area contributed by atoms with Crippen molar-refractivity contribution in [1.29, 1.82) is 0 Å². The third kappa shape index (κ3) is 5.55. The van der Waals surface area contributed by atoms with Crippen LogP contribution in [0.1, 0.15) is 0 Å². The third-order valence-electron chi connectivity index (χ3n) is 11.9. The zero-order chi connectivity index (χ0) is 38.9. The molecule has 0 aliphatic heterocycles. The van der Waals surface area contributed by atoms with E-state index in [1.807, 2.05) is 11.3 Å². The minimum atomic E-state index is 0.871. The summed E-state index contributed by atoms with van der Waals surface area (Å²) in [4.78, 5) is 2.43. The fraction of sp³-hybridized carbons (Fsp3) is 0. The molecule has 0 radical (unpaired) electrons. The first-order chi connectivity index (χ1) is 29.2. The Bertz CT molecular complexity index is 3550. The topological polar surface area (TPSA) is 16.4 Å². The summed E-state index contributed by atoms with van der Waals surface area (Å²) in [5.74, 6) is 0. The van der Waals surface area contributed by atoms with Gasteiger partial charge in [0.25, 0.3) is 0 Å². The molecule has 12 rings (SSSR count). The molecule has 0 N–H and O–H groups in total. The summed E-state index contributed by atoms with van der Waals surface area (Å²) in [6.07, 6.45) is 0. The molecule has 2 heterocycles. The smallest absolute Gasteiger partial charge is 0.145 e. The maximum Gasteiger partial charge on any atom is 0.145 e. The van der Waals surface area contributed by atoms with Crippen molar-refractivity contribution in [2.75, 3.05) is 4.90 Å². The number of anilines is 3. The van der Waals surface area contributed by atoms with Crippen molar-refractivity contribution in [3.63, 3.8) is 0 Å². The van der Waals surface area contributed by atoms with Gasteiger partial charge >= 0.3 is 0 Å². The maximum absolute atomic E-state index is 6.87. The van der Waals surface area contributed by atoms with Crippen LogP contribution in [0.4, 0.5) is 17.1 Å². The summed E-state index contributed by atoms with van der Waals surface area (Å²) >= 11 is 1.87. The lowest BCUT2D eigenvalue weighted by atomic mass is 9.97. The van der Waals surface area contributed by atoms with Crippen LogP contribution in [0.25, 0.3) is 97.0 Å². The average molecular weight is 770 g/mol. The van der Waals surface area contributed by atoms with Crippen LogP contribution >= 0.6 is 11.3 Å². The molecule has 59 heavy (non-hydrogen) atoms. The van der Waals surface area contributed by atoms with Crippen molar-refractivity contribution in [3.05, 3.63) is 212 Å². The van der Waals surface area contributed by atoms with E-state index in [1.165, 1.54) is 64.0 Å². The Balaban J connectivity index is 1.09. The van der Waals surface area contributed by atoms with Crippen LogP contribution in [-0.2, 0) is 0 Å². The second kappa shape index (κ2) is 13.6. The second-order valence-electron chi connectivity index (χ2n) is 15.2. The first kappa shape index (κ1) is 33.7. The molecule has 12 aromatic rings. The van der Waals surface area contributed by atoms with Crippen LogP contribution in [0.3, 0.4) is 0 Å². The van der Waals surface area contributed by atoms with Gasteiger partial charge in [0.1, 0.15) is 11.2 Å². The number of fused-ring (bicyclic) bond motifs is 9. The van der Waals surface area contributed by atoms with Crippen molar-refractivity contribution < 1.29 is 4.42 Å². The van der Waals surface area contributed by atoms with Crippen LogP contribution in [0.5, 0.6) is 0 Å². The van der Waals surface area contributed by atoms with Gasteiger partial charge in [-0.1, -0.05) is 170 Å². The van der Waals surface area contributed by atoms with Crippen LogP contribution in [0.2, 0.25) is 0 Å². The fourth-order valence-corrected chi connectivity index (χ4v) is 10.3. The summed E-state index contributed by atoms with van der Waals surface area (Å²) in [6.45, 7) is 0. The number of hydrogen-bond acceptors (Lipinski definition) is 3. The van der Waals surface area contributed by atoms with Crippen molar-refractivity contribution in [1.82, 2.24) is 0 Å². The second-order valence-corrected chi connectivity index (χ2v) is 16.3. The molecule has 0 aliphatic carbocycles. The number of nitrogens with zero attached hydrogens (tertiary/aromatic N) is 1. The molecule has 0 bridgehead atoms. The SMILES string of the molecule is c1ccc(-c2ccc(-c3ccc(N(c4ccc5c(ccc6ccccc65)c4)c4ccc5c(c4)sc4c(-c6ccccc6)cccc45)c4c3oc3ccccc34)cc2)cc1. The molecular weight excluding hydrogens is 735 g/mol. The summed E-state index contributed by atoms with van der Waals surface area (Å²) in [5, 5.41) is 9.68. The predicted molar refractivity (Wildman–Crippen MR) is 253 cm³/mol. The first-order valence-electron chi connectivity index (χ1n) is 20.1. The number of thiophene rings is 1. The Morgan fingerprint density at radius 3 is 1.81 bits per heavy atom. The molecule has 0 saturated carbocycles. The standard InChI is InChI=1S/C56H35NOS/c1-3-12-36(13-4-1)37-22-24-40(25-23-37)46-32-33-51(54-50-18-9-10-21-52(50)58-55(46)54)57(42-28-30-45-41(34-42)27-26-39-16-7-8-17-44(39)45)43-29-31-48-49-20-11-19-47(38-14-5-2-6-15-38)56(49)59-53(48)35-43/h1-35H. The van der Waals surface area contributed by atoms with Gasteiger partial charge in [-0.05, 0) is 91.8 Å². The molecular formula is C56H35NOS. The summed E-state index contributed by atoms with van der Waals surface area (Å²) in [5.41, 5.74) is 12.1. The van der Waals surface area contributed by atoms with E-state index in [4.69, 9.17) is 4.42 Å². The highest BCUT2D eigenvalue weighted by atomic mass is 32.1. The molecule has 0 amide bonds. The van der Waals surface area contributed by atoms with E-state index >= 15 is 0 Å². The maximum atomic E-state index is 6.87. The minimum Gasteiger partial charge on any atom is -0.455 e. The van der Waals surface area contributed by atoms with Crippen LogP contribution < -0.4 is 4.90 Å². The van der Waals surface area contributed by atoms with Gasteiger partial charge in [0.2, 0.25) is 0 Å². The molecule has 3 heteroatoms. The average Bonchev–Trinajstić information content (AvgIpc) is 3.89. The van der Waals surface area contributed by atoms with Crippen molar-refractivity contribution in [3.8, 4) is 33.4 Å². The van der Waals surface area contributed by atoms with E-state index in [1.54, 1.807) is 0 Å². The van der Waals surface area contributed by atoms with Gasteiger partial charge in [-0.3, -0.25) is 0 Å². The van der Waals surface area contributed by atoms with Gasteiger partial charge in [-0.15, -0.1) is 11.3 Å². The van der Waals surface area contributed by atoms with E-state index in [0.29, 0.717) is 0 Å². The molecule has 0 fully saturated rings. The lowest BCUT2D eigenvalue weighted by Gasteiger charge is -2.27. The van der Waals surface area contributed by atoms with Crippen LogP contribution in [0, 0.1) is 0 Å². The van der Waals surface area contributed by atoms with Gasteiger partial charge in [-0.2, -0.15) is 0 Å². The Labute approximate surface area is 345 Å². The molecule has 2 nitrogen and oxygen atoms in total. The van der Waals surface area contributed by atoms with E-state index in [2.05, 4.69) is 217 Å². The van der Waals surface area contributed by atoms with Gasteiger partial charge in [0.05, 0.1) is 11.1 Å². The number of para-hydroxylation sites is 1. The Hall–Kier alpha value is -7.46. The quantitative estimate of drug-likeness (QED) is 0.157. The van der Waals surface area contributed by atoms with Crippen LogP contribution in [0.15, 0.2) is 217 Å². The van der Waals surface area contributed by atoms with Gasteiger partial charge in [0, 0.05) is 42.5 Å². The van der Waals surface area contributed by atoms with E-state index < -0.39 is 0 Å². The summed E-state index contributed by atoms with van der Waals surface area (Å²) in [6, 6.07) is 76.8. The number of hydrogen-bond donors (Lipinski definition) is 0. The zero-order valence-electron chi connectivity index (χ0n) is 32.0. The summed E-state index contributed by atoms with van der Waals surface area (Å²) < 4.78 is 9.43. The number of benzene rings is 10. The van der Waals surface area contributed by atoms with Gasteiger partial charge in [0.15, 0.2) is 0 Å². The Morgan fingerprint density at radius 2 is 0.983 bits per heavy atom. The van der Waals surface area contributed by atoms with Crippen molar-refractivity contribution in [2.24, 2.45) is 0 Å². The van der Waals surface area contributed by atoms with Crippen LogP contribution in [-0.4, -0.2) is 0 Å². The highest BCUT2D eigenvalue weighted by molar-refractivity contribution is 7.26. The first-order valence-corrected chi connectivity index (χ1v) is 20.9. The molecule has 10 aromatic carbocycles. The largest absolute Gasteiger partial charge is 0.455 e. The normalized spacial score (nSPS) is 11.7. The Morgan fingerprint density at radius 1 is 0.373 bits per heavy atom. The highest BCUT2D eigenvalue weighted by Gasteiger charge is 2.23. The molecule has 0 atom stereocenters. The summed E-state index contributed by atoms with van der Waals surface area (Å²) in [7, 11) is 0. The monoisotopic (exact) mass is 769 g/mol. The molecule has 0 spiro atoms. The minimum absolute atomic E-state index is 0.871. The lowest BCUT2D eigenvalue weighted by molar-refractivity contribution is 0.670. The highest BCUT2D eigenvalue weighted by Crippen LogP contribution is 2.49. The molecule has 0 aliphatic rings. The van der Waals surface area contributed by atoms with E-state index in [9.17, 15) is 0 Å². The number of rotatable bonds is 6. The van der Waals surface area contributed by atoms with Crippen molar-refractivity contribution in [2.45, 2.75) is 0 Å². The lowest BCUT2D eigenvalue weighted by Crippen LogP contribution is -2.10. The van der Waals surface area contributed by atoms with Gasteiger partial charge < -0.3 is 9.32 Å². The molecule has 2 aromatic heterocycles. The van der Waals surface area contributed by atoms with E-state index in [-0.39, 0.29) is 0 Å². The predicted octanol–water partition coefficient (Wildman–Crippen LogP) is 16.7. The van der Waals surface area contributed by atoms with Crippen molar-refractivity contribution >= 4 is 92.1 Å². The number of furan rings is 1. The molecule has 276 valence electrons. The molecule has 0 saturated heterocycles. The zero-order valence-corrected chi connectivity index (χ0v) is 32.8. The Kier molecular flexibility index (Phi) is 7.75. The van der Waals surface area contributed by atoms with E-state index in [0.717, 1.165) is 50.1 Å².